The number of carbonyl (C=O) groups is 1. The van der Waals surface area contributed by atoms with Gasteiger partial charge in [0.15, 0.2) is 0 Å². The van der Waals surface area contributed by atoms with E-state index in [1.54, 1.807) is 0 Å². The summed E-state index contributed by atoms with van der Waals surface area (Å²) >= 11 is 3.99. The molecule has 4 rings (SSSR count). The summed E-state index contributed by atoms with van der Waals surface area (Å²) in [7, 11) is 0. The number of nitrogens with one attached hydrogen (secondary N) is 1. The van der Waals surface area contributed by atoms with Gasteiger partial charge >= 0.3 is 0 Å². The first-order valence-corrected chi connectivity index (χ1v) is 12.7. The van der Waals surface area contributed by atoms with Crippen LogP contribution in [0.3, 0.4) is 0 Å². The van der Waals surface area contributed by atoms with E-state index in [0.717, 1.165) is 11.1 Å². The van der Waals surface area contributed by atoms with Crippen LogP contribution in [0.1, 0.15) is 43.6 Å². The van der Waals surface area contributed by atoms with Crippen molar-refractivity contribution in [3.8, 4) is 0 Å². The highest BCUT2D eigenvalue weighted by Gasteiger charge is 2.16. The van der Waals surface area contributed by atoms with Crippen molar-refractivity contribution in [3.63, 3.8) is 0 Å². The van der Waals surface area contributed by atoms with Crippen LogP contribution in [0.2, 0.25) is 0 Å². The first kappa shape index (κ1) is 22.0. The van der Waals surface area contributed by atoms with Crippen molar-refractivity contribution < 1.29 is 9.53 Å². The maximum absolute atomic E-state index is 12.5. The summed E-state index contributed by atoms with van der Waals surface area (Å²) in [5, 5.41) is 3.02. The van der Waals surface area contributed by atoms with Crippen LogP contribution >= 0.6 is 23.5 Å². The first-order valence-electron chi connectivity index (χ1n) is 10.6. The predicted octanol–water partition coefficient (Wildman–Crippen LogP) is 6.20. The Morgan fingerprint density at radius 3 is 2.10 bits per heavy atom. The number of hydrogen-bond acceptors (Lipinski definition) is 4. The van der Waals surface area contributed by atoms with Gasteiger partial charge in [0, 0.05) is 12.1 Å². The average molecular weight is 450 g/mol. The Labute approximate surface area is 193 Å². The largest absolute Gasteiger partial charge is 0.372 e. The molecule has 0 saturated carbocycles. The normalized spacial score (nSPS) is 14.3. The van der Waals surface area contributed by atoms with Crippen LogP contribution in [0.25, 0.3) is 0 Å². The van der Waals surface area contributed by atoms with Crippen LogP contribution in [-0.2, 0) is 24.5 Å². The molecule has 5 heteroatoms. The van der Waals surface area contributed by atoms with Crippen molar-refractivity contribution in [2.24, 2.45) is 0 Å². The molecule has 1 aliphatic rings. The van der Waals surface area contributed by atoms with Crippen molar-refractivity contribution in [1.29, 1.82) is 0 Å². The van der Waals surface area contributed by atoms with Crippen LogP contribution in [-0.4, -0.2) is 17.4 Å². The Kier molecular flexibility index (Phi) is 8.11. The van der Waals surface area contributed by atoms with Crippen LogP contribution < -0.4 is 5.32 Å². The molecule has 1 amide bonds. The lowest BCUT2D eigenvalue weighted by molar-refractivity contribution is 0.0951. The molecule has 1 saturated heterocycles. The van der Waals surface area contributed by atoms with Gasteiger partial charge in [-0.25, -0.2) is 0 Å². The molecule has 0 aliphatic carbocycles. The molecule has 3 aromatic carbocycles. The fraction of sp³-hybridized carbons (Fsp3) is 0.269. The highest BCUT2D eigenvalue weighted by atomic mass is 32.2. The summed E-state index contributed by atoms with van der Waals surface area (Å²) in [5.41, 5.74) is 5.38. The molecular formula is C26H27NO2S2. The van der Waals surface area contributed by atoms with Gasteiger partial charge in [0.2, 0.25) is 0 Å². The van der Waals surface area contributed by atoms with E-state index < -0.39 is 0 Å². The molecule has 0 radical (unpaired) electrons. The molecule has 0 bridgehead atoms. The molecule has 0 unspecified atom stereocenters. The quantitative estimate of drug-likeness (QED) is 0.444. The highest BCUT2D eigenvalue weighted by Crippen LogP contribution is 2.43. The van der Waals surface area contributed by atoms with E-state index in [4.69, 9.17) is 4.74 Å². The number of carbonyl (C=O) groups excluding carboxylic acids is 1. The van der Waals surface area contributed by atoms with Crippen LogP contribution in [0.4, 0.5) is 0 Å². The number of ether oxygens (including phenoxy) is 1. The standard InChI is InChI=1S/C26H27NO2S2/c28-25(23-11-13-24(14-12-23)26-30-15-4-16-31-26)27-17-20-7-9-22(10-8-20)19-29-18-21-5-2-1-3-6-21/h1-3,5-14,26H,4,15-19H2,(H,27,28). The van der Waals surface area contributed by atoms with Gasteiger partial charge in [-0.2, -0.15) is 0 Å². The number of thioether (sulfide) groups is 2. The third-order valence-electron chi connectivity index (χ3n) is 5.13. The lowest BCUT2D eigenvalue weighted by atomic mass is 10.1. The maximum atomic E-state index is 12.5. The molecule has 0 spiro atoms. The van der Waals surface area contributed by atoms with Crippen molar-refractivity contribution >= 4 is 29.4 Å². The van der Waals surface area contributed by atoms with E-state index >= 15 is 0 Å². The first-order chi connectivity index (χ1) is 15.3. The topological polar surface area (TPSA) is 38.3 Å². The third kappa shape index (κ3) is 6.63. The Morgan fingerprint density at radius 2 is 1.42 bits per heavy atom. The average Bonchev–Trinajstić information content (AvgIpc) is 2.85. The van der Waals surface area contributed by atoms with Gasteiger partial charge in [-0.05, 0) is 52.3 Å². The summed E-state index contributed by atoms with van der Waals surface area (Å²) in [6.07, 6.45) is 1.29. The van der Waals surface area contributed by atoms with E-state index in [1.165, 1.54) is 29.1 Å². The molecule has 160 valence electrons. The van der Waals surface area contributed by atoms with Crippen LogP contribution in [0.15, 0.2) is 78.9 Å². The van der Waals surface area contributed by atoms with E-state index in [2.05, 4.69) is 41.7 Å². The fourth-order valence-corrected chi connectivity index (χ4v) is 6.26. The zero-order valence-corrected chi connectivity index (χ0v) is 19.1. The minimum atomic E-state index is -0.0363. The van der Waals surface area contributed by atoms with Crippen molar-refractivity contribution in [2.75, 3.05) is 11.5 Å². The summed E-state index contributed by atoms with van der Waals surface area (Å²) in [6.45, 7) is 1.70. The lowest BCUT2D eigenvalue weighted by Crippen LogP contribution is -2.22. The van der Waals surface area contributed by atoms with Crippen molar-refractivity contribution in [1.82, 2.24) is 5.32 Å². The van der Waals surface area contributed by atoms with Crippen LogP contribution in [0, 0.1) is 0 Å². The number of benzene rings is 3. The monoisotopic (exact) mass is 449 g/mol. The van der Waals surface area contributed by atoms with Gasteiger partial charge in [-0.3, -0.25) is 4.79 Å². The Morgan fingerprint density at radius 1 is 0.806 bits per heavy atom. The molecule has 0 atom stereocenters. The van der Waals surface area contributed by atoms with Gasteiger partial charge in [0.05, 0.1) is 17.8 Å². The second-order valence-electron chi connectivity index (χ2n) is 7.53. The smallest absolute Gasteiger partial charge is 0.251 e. The molecule has 1 aliphatic heterocycles. The summed E-state index contributed by atoms with van der Waals surface area (Å²) in [5.74, 6) is 2.40. The van der Waals surface area contributed by atoms with Gasteiger partial charge < -0.3 is 10.1 Å². The summed E-state index contributed by atoms with van der Waals surface area (Å²) in [4.78, 5) is 12.5. The van der Waals surface area contributed by atoms with E-state index in [0.29, 0.717) is 29.9 Å². The van der Waals surface area contributed by atoms with E-state index in [9.17, 15) is 4.79 Å². The van der Waals surface area contributed by atoms with Gasteiger partial charge in [0.25, 0.3) is 5.91 Å². The molecule has 31 heavy (non-hydrogen) atoms. The van der Waals surface area contributed by atoms with Gasteiger partial charge in [0.1, 0.15) is 0 Å². The third-order valence-corrected chi connectivity index (χ3v) is 8.14. The molecule has 0 aromatic heterocycles. The number of amides is 1. The molecular weight excluding hydrogens is 422 g/mol. The predicted molar refractivity (Wildman–Crippen MR) is 131 cm³/mol. The zero-order valence-electron chi connectivity index (χ0n) is 17.5. The highest BCUT2D eigenvalue weighted by molar-refractivity contribution is 8.16. The molecule has 3 aromatic rings. The van der Waals surface area contributed by atoms with Crippen molar-refractivity contribution in [2.45, 2.75) is 30.8 Å². The Bertz CT molecular complexity index is 953. The Hall–Kier alpha value is -2.21. The lowest BCUT2D eigenvalue weighted by Gasteiger charge is -2.21. The molecule has 1 heterocycles. The second-order valence-corrected chi connectivity index (χ2v) is 10.3. The fourth-order valence-electron chi connectivity index (χ4n) is 3.37. The maximum Gasteiger partial charge on any atom is 0.251 e. The van der Waals surface area contributed by atoms with E-state index in [1.807, 2.05) is 66.0 Å². The minimum absolute atomic E-state index is 0.0363. The van der Waals surface area contributed by atoms with Crippen LogP contribution in [0.5, 0.6) is 0 Å². The summed E-state index contributed by atoms with van der Waals surface area (Å²) in [6, 6.07) is 26.4. The number of rotatable bonds is 8. The minimum Gasteiger partial charge on any atom is -0.372 e. The van der Waals surface area contributed by atoms with Crippen molar-refractivity contribution in [3.05, 3.63) is 107 Å². The SMILES string of the molecule is O=C(NCc1ccc(COCc2ccccc2)cc1)c1ccc(C2SCCCS2)cc1. The molecule has 3 nitrogen and oxygen atoms in total. The van der Waals surface area contributed by atoms with E-state index in [-0.39, 0.29) is 5.91 Å². The van der Waals surface area contributed by atoms with Gasteiger partial charge in [-0.15, -0.1) is 23.5 Å². The van der Waals surface area contributed by atoms with Gasteiger partial charge in [-0.1, -0.05) is 66.7 Å². The number of hydrogen-bond donors (Lipinski definition) is 1. The summed E-state index contributed by atoms with van der Waals surface area (Å²) < 4.78 is 6.28. The molecule has 1 fully saturated rings. The molecule has 1 N–H and O–H groups in total. The zero-order chi connectivity index (χ0) is 21.3. The second kappa shape index (κ2) is 11.4. The Balaban J connectivity index is 1.22.